The molecule has 0 saturated heterocycles. The van der Waals surface area contributed by atoms with E-state index in [0.29, 0.717) is 19.3 Å². The van der Waals surface area contributed by atoms with E-state index in [1.54, 1.807) is 27.7 Å². The maximum Gasteiger partial charge on any atom is 0.508 e. The zero-order chi connectivity index (χ0) is 31.6. The number of nitrogens with zero attached hydrogens (tertiary/aromatic N) is 2. The molecule has 0 spiro atoms. The van der Waals surface area contributed by atoms with Crippen molar-refractivity contribution in [2.45, 2.75) is 124 Å². The Morgan fingerprint density at radius 1 is 0.829 bits per heavy atom. The quantitative estimate of drug-likeness (QED) is 0.0764. The molecule has 0 aliphatic heterocycles. The van der Waals surface area contributed by atoms with Crippen LogP contribution in [0.2, 0.25) is 0 Å². The smallest absolute Gasteiger partial charge is 0.480 e. The third-order valence-corrected chi connectivity index (χ3v) is 7.60. The van der Waals surface area contributed by atoms with Crippen LogP contribution in [0.25, 0.3) is 0 Å². The molecule has 0 aromatic heterocycles. The highest BCUT2D eigenvalue weighted by Gasteiger charge is 2.32. The number of rotatable bonds is 20. The molecule has 0 rings (SSSR count). The SMILES string of the molecule is CCCCC(C(=O)O)N(C)C(N)=NP(=O)(OCC(CC)OC(=O)OC(C)CC)OCC(CC)OC(=O)OC(C)CC. The van der Waals surface area contributed by atoms with Gasteiger partial charge in [-0.05, 0) is 46.0 Å². The molecular weight excluding hydrogens is 561 g/mol. The van der Waals surface area contributed by atoms with E-state index in [-0.39, 0.29) is 31.5 Å². The van der Waals surface area contributed by atoms with E-state index >= 15 is 0 Å². The van der Waals surface area contributed by atoms with Crippen LogP contribution >= 0.6 is 7.75 Å². The summed E-state index contributed by atoms with van der Waals surface area (Å²) in [7, 11) is -3.04. The average molecular weight is 612 g/mol. The largest absolute Gasteiger partial charge is 0.508 e. The van der Waals surface area contributed by atoms with Gasteiger partial charge in [0.1, 0.15) is 30.5 Å². The summed E-state index contributed by atoms with van der Waals surface area (Å²) in [6.07, 6.45) is -0.855. The van der Waals surface area contributed by atoms with Gasteiger partial charge >= 0.3 is 26.0 Å². The number of ether oxygens (including phenoxy) is 4. The van der Waals surface area contributed by atoms with Crippen molar-refractivity contribution in [3.63, 3.8) is 0 Å². The van der Waals surface area contributed by atoms with Gasteiger partial charge < -0.3 is 34.7 Å². The number of hydrogen-bond acceptors (Lipinski definition) is 10. The lowest BCUT2D eigenvalue weighted by Gasteiger charge is -2.27. The number of hydrogen-bond donors (Lipinski definition) is 2. The zero-order valence-corrected chi connectivity index (χ0v) is 26.6. The second-order valence-electron chi connectivity index (χ2n) is 9.60. The number of likely N-dealkylation sites (N-methyl/N-ethyl adjacent to an activating group) is 1. The van der Waals surface area contributed by atoms with E-state index < -0.39 is 63.4 Å². The molecular formula is C26H50N3O11P. The van der Waals surface area contributed by atoms with E-state index in [9.17, 15) is 24.1 Å². The second-order valence-corrected chi connectivity index (χ2v) is 11.2. The molecule has 3 N–H and O–H groups in total. The predicted octanol–water partition coefficient (Wildman–Crippen LogP) is 5.48. The van der Waals surface area contributed by atoms with Crippen molar-refractivity contribution in [1.82, 2.24) is 4.90 Å². The van der Waals surface area contributed by atoms with Crippen LogP contribution in [0.3, 0.4) is 0 Å². The van der Waals surface area contributed by atoms with E-state index in [2.05, 4.69) is 4.76 Å². The Labute approximate surface area is 243 Å². The van der Waals surface area contributed by atoms with Gasteiger partial charge in [0.2, 0.25) is 5.96 Å². The highest BCUT2D eigenvalue weighted by molar-refractivity contribution is 7.52. The molecule has 0 fully saturated rings. The van der Waals surface area contributed by atoms with E-state index in [1.807, 2.05) is 20.8 Å². The van der Waals surface area contributed by atoms with E-state index in [0.717, 1.165) is 6.42 Å². The number of carbonyl (C=O) groups excluding carboxylic acids is 2. The third kappa shape index (κ3) is 15.9. The van der Waals surface area contributed by atoms with Crippen LogP contribution in [-0.2, 0) is 37.4 Å². The lowest BCUT2D eigenvalue weighted by molar-refractivity contribution is -0.141. The Morgan fingerprint density at radius 2 is 1.27 bits per heavy atom. The van der Waals surface area contributed by atoms with Crippen LogP contribution in [-0.4, -0.2) is 85.0 Å². The van der Waals surface area contributed by atoms with Crippen LogP contribution in [0.4, 0.5) is 9.59 Å². The summed E-state index contributed by atoms with van der Waals surface area (Å²) in [5, 5.41) is 9.66. The molecule has 0 aromatic rings. The molecule has 0 aromatic carbocycles. The molecule has 0 amide bonds. The van der Waals surface area contributed by atoms with Gasteiger partial charge in [0, 0.05) is 7.05 Å². The topological polar surface area (TPSA) is 186 Å². The minimum absolute atomic E-state index is 0.276. The monoisotopic (exact) mass is 611 g/mol. The van der Waals surface area contributed by atoms with Gasteiger partial charge in [-0.15, -0.1) is 4.76 Å². The Kier molecular flexibility index (Phi) is 19.1. The summed E-state index contributed by atoms with van der Waals surface area (Å²) in [5.74, 6) is -1.53. The Bertz CT molecular complexity index is 832. The summed E-state index contributed by atoms with van der Waals surface area (Å²) < 4.78 is 49.5. The van der Waals surface area contributed by atoms with Crippen molar-refractivity contribution in [3.05, 3.63) is 0 Å². The number of aliphatic carboxylic acids is 1. The number of unbranched alkanes of at least 4 members (excludes halogenated alkanes) is 1. The standard InChI is InChI=1S/C26H50N3O11P/c1-9-14-15-22(23(30)31)29(8)24(27)28-41(34,35-16-20(12-4)39-25(32)37-18(6)10-2)36-17-21(13-5)40-26(33)38-19(7)11-3/h18-22H,9-17H2,1-8H3,(H,30,31)(H2,27,28,34). The Hall–Kier alpha value is -2.57. The maximum atomic E-state index is 13.8. The summed E-state index contributed by atoms with van der Waals surface area (Å²) in [4.78, 5) is 37.2. The molecule has 0 aliphatic carbocycles. The van der Waals surface area contributed by atoms with Gasteiger partial charge in [0.05, 0.1) is 13.2 Å². The highest BCUT2D eigenvalue weighted by Crippen LogP contribution is 2.50. The fourth-order valence-electron chi connectivity index (χ4n) is 2.98. The van der Waals surface area contributed by atoms with Gasteiger partial charge in [-0.3, -0.25) is 9.05 Å². The van der Waals surface area contributed by atoms with Crippen LogP contribution < -0.4 is 5.73 Å². The molecule has 0 heterocycles. The fourth-order valence-corrected chi connectivity index (χ4v) is 4.27. The first kappa shape index (κ1) is 38.4. The highest BCUT2D eigenvalue weighted by atomic mass is 31.2. The zero-order valence-electron chi connectivity index (χ0n) is 25.7. The molecule has 15 heteroatoms. The number of nitrogens with two attached hydrogens (primary N) is 1. The molecule has 41 heavy (non-hydrogen) atoms. The fraction of sp³-hybridized carbons (Fsp3) is 0.846. The van der Waals surface area contributed by atoms with Gasteiger partial charge in [-0.2, -0.15) is 0 Å². The minimum Gasteiger partial charge on any atom is -0.480 e. The lowest BCUT2D eigenvalue weighted by Crippen LogP contribution is -2.46. The predicted molar refractivity (Wildman–Crippen MR) is 153 cm³/mol. The molecule has 5 atom stereocenters. The number of carboxylic acids is 1. The Balaban J connectivity index is 5.87. The first-order chi connectivity index (χ1) is 19.2. The average Bonchev–Trinajstić information content (AvgIpc) is 2.92. The van der Waals surface area contributed by atoms with Crippen molar-refractivity contribution in [3.8, 4) is 0 Å². The molecule has 14 nitrogen and oxygen atoms in total. The van der Waals surface area contributed by atoms with Crippen molar-refractivity contribution in [2.75, 3.05) is 20.3 Å². The van der Waals surface area contributed by atoms with Gasteiger partial charge in [-0.25, -0.2) is 18.9 Å². The van der Waals surface area contributed by atoms with Crippen molar-refractivity contribution >= 4 is 32.0 Å². The molecule has 0 saturated carbocycles. The number of carbonyl (C=O) groups is 3. The van der Waals surface area contributed by atoms with Gasteiger partial charge in [-0.1, -0.05) is 47.5 Å². The summed E-state index contributed by atoms with van der Waals surface area (Å²) in [5.41, 5.74) is 6.06. The van der Waals surface area contributed by atoms with E-state index in [4.69, 9.17) is 33.7 Å². The Morgan fingerprint density at radius 3 is 1.61 bits per heavy atom. The molecule has 0 bridgehead atoms. The van der Waals surface area contributed by atoms with Crippen LogP contribution in [0.1, 0.15) is 93.4 Å². The van der Waals surface area contributed by atoms with Crippen LogP contribution in [0.15, 0.2) is 4.76 Å². The second kappa shape index (κ2) is 20.3. The number of carboxylic acid groups (broad SMARTS) is 1. The summed E-state index contributed by atoms with van der Waals surface area (Å²) >= 11 is 0. The van der Waals surface area contributed by atoms with Crippen molar-refractivity contribution < 1.29 is 52.1 Å². The summed E-state index contributed by atoms with van der Waals surface area (Å²) in [6.45, 7) is 11.7. The molecule has 0 radical (unpaired) electrons. The van der Waals surface area contributed by atoms with Gasteiger partial charge in [0.15, 0.2) is 0 Å². The minimum atomic E-state index is -4.45. The molecule has 240 valence electrons. The van der Waals surface area contributed by atoms with Crippen molar-refractivity contribution in [2.24, 2.45) is 10.5 Å². The number of guanidine groups is 1. The molecule has 0 aliphatic rings. The molecule has 5 unspecified atom stereocenters. The van der Waals surface area contributed by atoms with Crippen LogP contribution in [0, 0.1) is 0 Å². The normalized spacial score (nSPS) is 16.8. The maximum absolute atomic E-state index is 13.8. The van der Waals surface area contributed by atoms with Gasteiger partial charge in [0.25, 0.3) is 0 Å². The third-order valence-electron chi connectivity index (χ3n) is 6.20. The summed E-state index contributed by atoms with van der Waals surface area (Å²) in [6, 6.07) is -1.03. The van der Waals surface area contributed by atoms with E-state index in [1.165, 1.54) is 11.9 Å². The van der Waals surface area contributed by atoms with Crippen LogP contribution in [0.5, 0.6) is 0 Å². The first-order valence-corrected chi connectivity index (χ1v) is 15.7. The lowest BCUT2D eigenvalue weighted by atomic mass is 10.1. The van der Waals surface area contributed by atoms with Crippen molar-refractivity contribution in [1.29, 1.82) is 0 Å². The first-order valence-electron chi connectivity index (χ1n) is 14.2.